The SMILES string of the molecule is Cc1nc2ccc(NC(=O)OC(C)(C)C)cc2s1. The summed E-state index contributed by atoms with van der Waals surface area (Å²) in [6.07, 6.45) is -0.442. The highest BCUT2D eigenvalue weighted by Crippen LogP contribution is 2.25. The van der Waals surface area contributed by atoms with Crippen LogP contribution in [0.1, 0.15) is 25.8 Å². The summed E-state index contributed by atoms with van der Waals surface area (Å²) in [5.41, 5.74) is 1.18. The van der Waals surface area contributed by atoms with Crippen LogP contribution < -0.4 is 5.32 Å². The largest absolute Gasteiger partial charge is 0.444 e. The van der Waals surface area contributed by atoms with Crippen LogP contribution in [-0.4, -0.2) is 16.7 Å². The predicted molar refractivity (Wildman–Crippen MR) is 74.2 cm³/mol. The Morgan fingerprint density at radius 1 is 1.39 bits per heavy atom. The molecule has 2 rings (SSSR count). The Kier molecular flexibility index (Phi) is 3.26. The maximum atomic E-state index is 11.6. The molecular weight excluding hydrogens is 248 g/mol. The molecule has 1 heterocycles. The Balaban J connectivity index is 2.14. The second-order valence-electron chi connectivity index (χ2n) is 5.04. The monoisotopic (exact) mass is 264 g/mol. The molecule has 0 atom stereocenters. The Morgan fingerprint density at radius 2 is 2.11 bits per heavy atom. The van der Waals surface area contributed by atoms with Gasteiger partial charge < -0.3 is 4.74 Å². The minimum Gasteiger partial charge on any atom is -0.444 e. The minimum absolute atomic E-state index is 0.442. The van der Waals surface area contributed by atoms with Crippen molar-refractivity contribution in [2.24, 2.45) is 0 Å². The van der Waals surface area contributed by atoms with Gasteiger partial charge in [0.05, 0.1) is 15.2 Å². The molecule has 5 heteroatoms. The van der Waals surface area contributed by atoms with E-state index in [9.17, 15) is 4.79 Å². The first-order valence-electron chi connectivity index (χ1n) is 5.71. The molecule has 0 unspecified atom stereocenters. The van der Waals surface area contributed by atoms with E-state index in [-0.39, 0.29) is 0 Å². The zero-order chi connectivity index (χ0) is 13.3. The van der Waals surface area contributed by atoms with Crippen molar-refractivity contribution in [3.05, 3.63) is 23.2 Å². The van der Waals surface area contributed by atoms with Crippen molar-refractivity contribution >= 4 is 33.3 Å². The quantitative estimate of drug-likeness (QED) is 0.848. The lowest BCUT2D eigenvalue weighted by molar-refractivity contribution is 0.0636. The van der Waals surface area contributed by atoms with Gasteiger partial charge in [0, 0.05) is 5.69 Å². The number of amides is 1. The molecule has 0 bridgehead atoms. The maximum Gasteiger partial charge on any atom is 0.412 e. The number of nitrogens with one attached hydrogen (secondary N) is 1. The Hall–Kier alpha value is -1.62. The first kappa shape index (κ1) is 12.8. The van der Waals surface area contributed by atoms with E-state index in [1.807, 2.05) is 45.9 Å². The molecule has 4 nitrogen and oxygen atoms in total. The first-order valence-corrected chi connectivity index (χ1v) is 6.52. The van der Waals surface area contributed by atoms with Gasteiger partial charge in [0.2, 0.25) is 0 Å². The number of ether oxygens (including phenoxy) is 1. The number of fused-ring (bicyclic) bond motifs is 1. The minimum atomic E-state index is -0.491. The average Bonchev–Trinajstić information content (AvgIpc) is 2.53. The van der Waals surface area contributed by atoms with Gasteiger partial charge in [-0.15, -0.1) is 11.3 Å². The molecule has 0 fully saturated rings. The van der Waals surface area contributed by atoms with Gasteiger partial charge in [0.1, 0.15) is 5.60 Å². The van der Waals surface area contributed by atoms with Crippen molar-refractivity contribution < 1.29 is 9.53 Å². The van der Waals surface area contributed by atoms with Crippen molar-refractivity contribution in [3.63, 3.8) is 0 Å². The van der Waals surface area contributed by atoms with Crippen LogP contribution in [0.25, 0.3) is 10.2 Å². The fourth-order valence-corrected chi connectivity index (χ4v) is 2.41. The summed E-state index contributed by atoms with van der Waals surface area (Å²) in [5.74, 6) is 0. The normalized spacial score (nSPS) is 11.6. The van der Waals surface area contributed by atoms with Crippen LogP contribution >= 0.6 is 11.3 Å². The van der Waals surface area contributed by atoms with Gasteiger partial charge in [-0.1, -0.05) is 0 Å². The second-order valence-corrected chi connectivity index (χ2v) is 6.28. The van der Waals surface area contributed by atoms with E-state index in [0.717, 1.165) is 20.9 Å². The number of rotatable bonds is 1. The summed E-state index contributed by atoms with van der Waals surface area (Å²) in [5, 5.41) is 3.73. The second kappa shape index (κ2) is 4.57. The molecule has 0 aliphatic heterocycles. The van der Waals surface area contributed by atoms with Crippen molar-refractivity contribution in [3.8, 4) is 0 Å². The van der Waals surface area contributed by atoms with Gasteiger partial charge >= 0.3 is 6.09 Å². The highest BCUT2D eigenvalue weighted by molar-refractivity contribution is 7.18. The van der Waals surface area contributed by atoms with Gasteiger partial charge in [-0.3, -0.25) is 5.32 Å². The van der Waals surface area contributed by atoms with Crippen LogP contribution in [0.15, 0.2) is 18.2 Å². The van der Waals surface area contributed by atoms with Crippen molar-refractivity contribution in [2.75, 3.05) is 5.32 Å². The van der Waals surface area contributed by atoms with E-state index >= 15 is 0 Å². The molecule has 0 spiro atoms. The highest BCUT2D eigenvalue weighted by atomic mass is 32.1. The molecule has 96 valence electrons. The molecule has 1 aromatic heterocycles. The summed E-state index contributed by atoms with van der Waals surface area (Å²) in [6, 6.07) is 5.63. The van der Waals surface area contributed by atoms with Crippen LogP contribution in [0.2, 0.25) is 0 Å². The van der Waals surface area contributed by atoms with E-state index in [1.54, 1.807) is 11.3 Å². The van der Waals surface area contributed by atoms with Crippen LogP contribution in [0.3, 0.4) is 0 Å². The van der Waals surface area contributed by atoms with Crippen LogP contribution in [0, 0.1) is 6.92 Å². The number of carbonyl (C=O) groups excluding carboxylic acids is 1. The number of aryl methyl sites for hydroxylation is 1. The molecular formula is C13H16N2O2S. The molecule has 2 aromatic rings. The fourth-order valence-electron chi connectivity index (χ4n) is 1.54. The average molecular weight is 264 g/mol. The number of hydrogen-bond donors (Lipinski definition) is 1. The van der Waals surface area contributed by atoms with E-state index in [2.05, 4.69) is 10.3 Å². The van der Waals surface area contributed by atoms with E-state index in [1.165, 1.54) is 0 Å². The van der Waals surface area contributed by atoms with E-state index in [4.69, 9.17) is 4.74 Å². The maximum absolute atomic E-state index is 11.6. The predicted octanol–water partition coefficient (Wildman–Crippen LogP) is 3.95. The van der Waals surface area contributed by atoms with E-state index < -0.39 is 11.7 Å². The first-order chi connectivity index (χ1) is 8.33. The zero-order valence-corrected chi connectivity index (χ0v) is 11.7. The van der Waals surface area contributed by atoms with Gasteiger partial charge in [0.15, 0.2) is 0 Å². The Morgan fingerprint density at radius 3 is 2.78 bits per heavy atom. The molecule has 0 radical (unpaired) electrons. The standard InChI is InChI=1S/C13H16N2O2S/c1-8-14-10-6-5-9(7-11(10)18-8)15-12(16)17-13(2,3)4/h5-7H,1-4H3,(H,15,16). The number of hydrogen-bond acceptors (Lipinski definition) is 4. The smallest absolute Gasteiger partial charge is 0.412 e. The van der Waals surface area contributed by atoms with Gasteiger partial charge in [-0.25, -0.2) is 9.78 Å². The van der Waals surface area contributed by atoms with Crippen LogP contribution in [0.4, 0.5) is 10.5 Å². The number of thiazole rings is 1. The topological polar surface area (TPSA) is 51.2 Å². The zero-order valence-electron chi connectivity index (χ0n) is 10.9. The van der Waals surface area contributed by atoms with Crippen molar-refractivity contribution in [2.45, 2.75) is 33.3 Å². The summed E-state index contributed by atoms with van der Waals surface area (Å²) in [7, 11) is 0. The third kappa shape index (κ3) is 3.20. The lowest BCUT2D eigenvalue weighted by Gasteiger charge is -2.19. The summed E-state index contributed by atoms with van der Waals surface area (Å²) in [4.78, 5) is 16.0. The number of carbonyl (C=O) groups is 1. The molecule has 0 aliphatic rings. The number of benzene rings is 1. The highest BCUT2D eigenvalue weighted by Gasteiger charge is 2.16. The van der Waals surface area contributed by atoms with Crippen molar-refractivity contribution in [1.82, 2.24) is 4.98 Å². The molecule has 0 aliphatic carbocycles. The van der Waals surface area contributed by atoms with E-state index in [0.29, 0.717) is 0 Å². The van der Waals surface area contributed by atoms with Gasteiger partial charge in [0.25, 0.3) is 0 Å². The Bertz CT molecular complexity index is 584. The summed E-state index contributed by atoms with van der Waals surface area (Å²) >= 11 is 1.60. The molecule has 1 aromatic carbocycles. The molecule has 0 saturated heterocycles. The molecule has 18 heavy (non-hydrogen) atoms. The third-order valence-corrected chi connectivity index (χ3v) is 3.07. The van der Waals surface area contributed by atoms with Crippen molar-refractivity contribution in [1.29, 1.82) is 0 Å². The Labute approximate surface area is 110 Å². The lowest BCUT2D eigenvalue weighted by atomic mass is 10.2. The molecule has 1 amide bonds. The number of nitrogens with zero attached hydrogens (tertiary/aromatic N) is 1. The lowest BCUT2D eigenvalue weighted by Crippen LogP contribution is -2.27. The van der Waals surface area contributed by atoms with Gasteiger partial charge in [-0.05, 0) is 45.9 Å². The summed E-state index contributed by atoms with van der Waals surface area (Å²) < 4.78 is 6.25. The summed E-state index contributed by atoms with van der Waals surface area (Å²) in [6.45, 7) is 7.47. The molecule has 0 saturated carbocycles. The fraction of sp³-hybridized carbons (Fsp3) is 0.385. The van der Waals surface area contributed by atoms with Crippen LogP contribution in [-0.2, 0) is 4.74 Å². The van der Waals surface area contributed by atoms with Gasteiger partial charge in [-0.2, -0.15) is 0 Å². The molecule has 1 N–H and O–H groups in total. The third-order valence-electron chi connectivity index (χ3n) is 2.14. The number of aromatic nitrogens is 1. The van der Waals surface area contributed by atoms with Crippen LogP contribution in [0.5, 0.6) is 0 Å². The number of anilines is 1.